The highest BCUT2D eigenvalue weighted by Crippen LogP contribution is 2.30. The summed E-state index contributed by atoms with van der Waals surface area (Å²) in [6, 6.07) is 0. The number of hydrogen-bond acceptors (Lipinski definition) is 3. The molecule has 5 heteroatoms. The number of ether oxygens (including phenoxy) is 1. The van der Waals surface area contributed by atoms with Crippen LogP contribution in [-0.2, 0) is 4.74 Å². The van der Waals surface area contributed by atoms with Crippen LogP contribution in [0.15, 0.2) is 22.3 Å². The average Bonchev–Trinajstić information content (AvgIpc) is 2.37. The quantitative estimate of drug-likeness (QED) is 0.793. The van der Waals surface area contributed by atoms with E-state index in [1.165, 1.54) is 0 Å². The summed E-state index contributed by atoms with van der Waals surface area (Å²) >= 11 is 3.48. The lowest BCUT2D eigenvalue weighted by molar-refractivity contribution is 0.0304. The van der Waals surface area contributed by atoms with Crippen molar-refractivity contribution in [2.24, 2.45) is 5.92 Å². The third-order valence-corrected chi connectivity index (χ3v) is 3.94. The Labute approximate surface area is 129 Å². The van der Waals surface area contributed by atoms with Gasteiger partial charge in [0.25, 0.3) is 0 Å². The van der Waals surface area contributed by atoms with Gasteiger partial charge < -0.3 is 10.1 Å². The van der Waals surface area contributed by atoms with Crippen LogP contribution in [0.25, 0.3) is 0 Å². The van der Waals surface area contributed by atoms with Crippen LogP contribution >= 0.6 is 15.9 Å². The molecule has 0 aliphatic carbocycles. The molecule has 2 aliphatic rings. The second kappa shape index (κ2) is 6.31. The lowest BCUT2D eigenvalue weighted by Crippen LogP contribution is -2.41. The molecule has 1 saturated heterocycles. The Kier molecular flexibility index (Phi) is 4.91. The van der Waals surface area contributed by atoms with E-state index in [-0.39, 0.29) is 6.09 Å². The molecule has 4 nitrogen and oxygen atoms in total. The van der Waals surface area contributed by atoms with E-state index in [2.05, 4.69) is 21.2 Å². The van der Waals surface area contributed by atoms with Crippen LogP contribution in [-0.4, -0.2) is 36.2 Å². The van der Waals surface area contributed by atoms with Gasteiger partial charge in [-0.3, -0.25) is 4.90 Å². The number of amides is 1. The summed E-state index contributed by atoms with van der Waals surface area (Å²) in [6.45, 7) is 8.27. The van der Waals surface area contributed by atoms with E-state index in [4.69, 9.17) is 4.74 Å². The minimum absolute atomic E-state index is 0.257. The summed E-state index contributed by atoms with van der Waals surface area (Å²) in [5, 5.41) is 3.36. The van der Waals surface area contributed by atoms with E-state index in [0.717, 1.165) is 36.1 Å². The van der Waals surface area contributed by atoms with Crippen LogP contribution in [0.4, 0.5) is 4.79 Å². The first-order chi connectivity index (χ1) is 9.37. The Bertz CT molecular complexity index is 432. The van der Waals surface area contributed by atoms with Crippen LogP contribution in [0.3, 0.4) is 0 Å². The van der Waals surface area contributed by atoms with Gasteiger partial charge in [-0.25, -0.2) is 4.79 Å². The minimum Gasteiger partial charge on any atom is -0.443 e. The standard InChI is InChI=1S/C15H23BrN2O2/c1-15(2,3)20-14(19)18-10-12(16)4-5-13(18)11-6-8-17-9-7-11/h4-5,11,17H,6-10H2,1-3H3. The molecule has 112 valence electrons. The largest absolute Gasteiger partial charge is 0.443 e. The molecule has 0 unspecified atom stereocenters. The summed E-state index contributed by atoms with van der Waals surface area (Å²) in [5.74, 6) is 0.431. The zero-order valence-corrected chi connectivity index (χ0v) is 14.0. The molecule has 2 aliphatic heterocycles. The summed E-state index contributed by atoms with van der Waals surface area (Å²) in [6.07, 6.45) is 5.96. The second-order valence-corrected chi connectivity index (χ2v) is 7.31. The first kappa shape index (κ1) is 15.6. The van der Waals surface area contributed by atoms with Crippen molar-refractivity contribution >= 4 is 22.0 Å². The molecular formula is C15H23BrN2O2. The van der Waals surface area contributed by atoms with Crippen molar-refractivity contribution in [1.82, 2.24) is 10.2 Å². The number of rotatable bonds is 1. The van der Waals surface area contributed by atoms with E-state index in [9.17, 15) is 4.79 Å². The fourth-order valence-corrected chi connectivity index (χ4v) is 2.90. The highest BCUT2D eigenvalue weighted by molar-refractivity contribution is 9.11. The molecule has 1 N–H and O–H groups in total. The highest BCUT2D eigenvalue weighted by atomic mass is 79.9. The van der Waals surface area contributed by atoms with Crippen LogP contribution in [0, 0.1) is 5.92 Å². The average molecular weight is 343 g/mol. The molecule has 2 rings (SSSR count). The van der Waals surface area contributed by atoms with Gasteiger partial charge in [0.2, 0.25) is 0 Å². The maximum absolute atomic E-state index is 12.4. The number of nitrogens with zero attached hydrogens (tertiary/aromatic N) is 1. The van der Waals surface area contributed by atoms with Crippen LogP contribution in [0.5, 0.6) is 0 Å². The monoisotopic (exact) mass is 342 g/mol. The van der Waals surface area contributed by atoms with Crippen molar-refractivity contribution in [1.29, 1.82) is 0 Å². The van der Waals surface area contributed by atoms with Gasteiger partial charge in [-0.1, -0.05) is 15.9 Å². The molecule has 1 fully saturated rings. The van der Waals surface area contributed by atoms with E-state index < -0.39 is 5.60 Å². The first-order valence-electron chi connectivity index (χ1n) is 7.14. The normalized spacial score (nSPS) is 21.3. The zero-order valence-electron chi connectivity index (χ0n) is 12.4. The lowest BCUT2D eigenvalue weighted by atomic mass is 9.92. The molecule has 0 bridgehead atoms. The van der Waals surface area contributed by atoms with Gasteiger partial charge in [0.1, 0.15) is 5.60 Å². The molecule has 1 amide bonds. The van der Waals surface area contributed by atoms with E-state index in [1.54, 1.807) is 4.90 Å². The Balaban J connectivity index is 2.15. The number of piperidine rings is 1. The molecule has 0 atom stereocenters. The number of hydrogen-bond donors (Lipinski definition) is 1. The smallest absolute Gasteiger partial charge is 0.414 e. The highest BCUT2D eigenvalue weighted by Gasteiger charge is 2.31. The van der Waals surface area contributed by atoms with Gasteiger partial charge >= 0.3 is 6.09 Å². The van der Waals surface area contributed by atoms with Crippen molar-refractivity contribution in [3.63, 3.8) is 0 Å². The molecule has 0 radical (unpaired) electrons. The summed E-state index contributed by atoms with van der Waals surface area (Å²) < 4.78 is 6.53. The summed E-state index contributed by atoms with van der Waals surface area (Å²) in [5.41, 5.74) is 0.619. The van der Waals surface area contributed by atoms with Crippen molar-refractivity contribution in [3.05, 3.63) is 22.3 Å². The van der Waals surface area contributed by atoms with Gasteiger partial charge in [-0.2, -0.15) is 0 Å². The number of allylic oxidation sites excluding steroid dienone is 3. The van der Waals surface area contributed by atoms with Crippen LogP contribution in [0.1, 0.15) is 33.6 Å². The maximum Gasteiger partial charge on any atom is 0.414 e. The van der Waals surface area contributed by atoms with Crippen molar-refractivity contribution < 1.29 is 9.53 Å². The molecule has 0 spiro atoms. The zero-order chi connectivity index (χ0) is 14.8. The molecule has 2 heterocycles. The Morgan fingerprint density at radius 1 is 1.35 bits per heavy atom. The minimum atomic E-state index is -0.468. The van der Waals surface area contributed by atoms with Gasteiger partial charge in [0.05, 0.1) is 6.54 Å². The Morgan fingerprint density at radius 3 is 2.60 bits per heavy atom. The van der Waals surface area contributed by atoms with Gasteiger partial charge in [0.15, 0.2) is 0 Å². The predicted octanol–water partition coefficient (Wildman–Crippen LogP) is 3.40. The number of halogens is 1. The number of nitrogens with one attached hydrogen (secondary N) is 1. The van der Waals surface area contributed by atoms with Crippen LogP contribution in [0.2, 0.25) is 0 Å². The topological polar surface area (TPSA) is 41.6 Å². The second-order valence-electron chi connectivity index (χ2n) is 6.30. The third kappa shape index (κ3) is 4.09. The number of carbonyl (C=O) groups is 1. The fraction of sp³-hybridized carbons (Fsp3) is 0.667. The van der Waals surface area contributed by atoms with Crippen molar-refractivity contribution in [2.75, 3.05) is 19.6 Å². The van der Waals surface area contributed by atoms with Gasteiger partial charge in [0, 0.05) is 16.1 Å². The van der Waals surface area contributed by atoms with Gasteiger partial charge in [-0.05, 0) is 58.9 Å². The fourth-order valence-electron chi connectivity index (χ4n) is 2.52. The van der Waals surface area contributed by atoms with Gasteiger partial charge in [-0.15, -0.1) is 0 Å². The molecule has 0 aromatic carbocycles. The molecular weight excluding hydrogens is 320 g/mol. The molecule has 0 saturated carbocycles. The maximum atomic E-state index is 12.4. The molecule has 0 aromatic heterocycles. The summed E-state index contributed by atoms with van der Waals surface area (Å²) in [4.78, 5) is 14.2. The van der Waals surface area contributed by atoms with Crippen LogP contribution < -0.4 is 5.32 Å². The SMILES string of the molecule is CC(C)(C)OC(=O)N1CC(Br)=CC=C1C1CCNCC1. The third-order valence-electron chi connectivity index (χ3n) is 3.43. The van der Waals surface area contributed by atoms with E-state index in [1.807, 2.05) is 32.9 Å². The molecule has 20 heavy (non-hydrogen) atoms. The molecule has 0 aromatic rings. The predicted molar refractivity (Wildman–Crippen MR) is 83.6 cm³/mol. The van der Waals surface area contributed by atoms with E-state index in [0.29, 0.717) is 12.5 Å². The summed E-state index contributed by atoms with van der Waals surface area (Å²) in [7, 11) is 0. The lowest BCUT2D eigenvalue weighted by Gasteiger charge is -2.35. The number of carbonyl (C=O) groups excluding carboxylic acids is 1. The van der Waals surface area contributed by atoms with Crippen molar-refractivity contribution in [3.8, 4) is 0 Å². The van der Waals surface area contributed by atoms with Crippen molar-refractivity contribution in [2.45, 2.75) is 39.2 Å². The Morgan fingerprint density at radius 2 is 2.00 bits per heavy atom. The van der Waals surface area contributed by atoms with E-state index >= 15 is 0 Å². The first-order valence-corrected chi connectivity index (χ1v) is 7.93. The Hall–Kier alpha value is -0.810.